The molecule has 1 heterocycles. The van der Waals surface area contributed by atoms with Crippen molar-refractivity contribution in [3.05, 3.63) is 102 Å². The number of anilines is 1. The molecule has 1 aliphatic carbocycles. The molecule has 1 aliphatic rings. The Labute approximate surface area is 165 Å². The summed E-state index contributed by atoms with van der Waals surface area (Å²) in [5.41, 5.74) is 15.2. The number of hydrogen-bond donors (Lipinski definition) is 1. The quantitative estimate of drug-likeness (QED) is 0.422. The van der Waals surface area contributed by atoms with Crippen molar-refractivity contribution >= 4 is 22.2 Å². The average Bonchev–Trinajstić information content (AvgIpc) is 3.09. The van der Waals surface area contributed by atoms with Gasteiger partial charge in [-0.05, 0) is 42.2 Å². The summed E-state index contributed by atoms with van der Waals surface area (Å²) in [6.07, 6.45) is 4.43. The van der Waals surface area contributed by atoms with Crippen LogP contribution in [0.15, 0.2) is 84.9 Å². The molecule has 1 aromatic heterocycles. The zero-order chi connectivity index (χ0) is 19.1. The van der Waals surface area contributed by atoms with E-state index >= 15 is 0 Å². The van der Waals surface area contributed by atoms with Crippen LogP contribution in [0.1, 0.15) is 36.1 Å². The van der Waals surface area contributed by atoms with Crippen molar-refractivity contribution in [3.8, 4) is 5.69 Å². The molecule has 0 spiro atoms. The van der Waals surface area contributed by atoms with Crippen LogP contribution in [0.25, 0.3) is 22.2 Å². The van der Waals surface area contributed by atoms with Gasteiger partial charge in [0.05, 0.1) is 11.2 Å². The van der Waals surface area contributed by atoms with Gasteiger partial charge in [-0.15, -0.1) is 0 Å². The molecule has 0 amide bonds. The topological polar surface area (TPSA) is 30.9 Å². The minimum Gasteiger partial charge on any atom is -0.397 e. The Balaban J connectivity index is 1.79. The van der Waals surface area contributed by atoms with Crippen LogP contribution < -0.4 is 5.73 Å². The molecule has 2 N–H and O–H groups in total. The number of nitrogens with two attached hydrogens (primary N) is 1. The van der Waals surface area contributed by atoms with Crippen molar-refractivity contribution in [2.75, 3.05) is 5.73 Å². The SMILES string of the molecule is CC1CC=C(Cc2ccccc2)c2c1n(-c1ccccc1)c1c(N)cccc21. The highest BCUT2D eigenvalue weighted by molar-refractivity contribution is 6.02. The molecule has 3 aromatic carbocycles. The maximum Gasteiger partial charge on any atom is 0.0768 e. The second-order valence-corrected chi connectivity index (χ2v) is 7.70. The second-order valence-electron chi connectivity index (χ2n) is 7.70. The smallest absolute Gasteiger partial charge is 0.0768 e. The monoisotopic (exact) mass is 364 g/mol. The van der Waals surface area contributed by atoms with Crippen molar-refractivity contribution < 1.29 is 0 Å². The molecular formula is C26H24N2. The van der Waals surface area contributed by atoms with Crippen molar-refractivity contribution in [2.24, 2.45) is 0 Å². The van der Waals surface area contributed by atoms with Gasteiger partial charge in [0, 0.05) is 28.2 Å². The summed E-state index contributed by atoms with van der Waals surface area (Å²) in [4.78, 5) is 0. The molecule has 0 radical (unpaired) electrons. The fourth-order valence-corrected chi connectivity index (χ4v) is 4.54. The molecule has 4 aromatic rings. The minimum atomic E-state index is 0.446. The number of allylic oxidation sites excluding steroid dienone is 2. The summed E-state index contributed by atoms with van der Waals surface area (Å²) in [6, 6.07) is 27.7. The zero-order valence-electron chi connectivity index (χ0n) is 16.1. The van der Waals surface area contributed by atoms with E-state index in [0.717, 1.165) is 24.0 Å². The van der Waals surface area contributed by atoms with Gasteiger partial charge in [0.15, 0.2) is 0 Å². The second kappa shape index (κ2) is 6.72. The van der Waals surface area contributed by atoms with Gasteiger partial charge < -0.3 is 10.3 Å². The van der Waals surface area contributed by atoms with E-state index in [9.17, 15) is 0 Å². The first-order chi connectivity index (χ1) is 13.7. The molecule has 138 valence electrons. The lowest BCUT2D eigenvalue weighted by molar-refractivity contribution is 0.718. The standard InChI is InChI=1S/C26H24N2/c1-18-15-16-20(17-19-9-4-2-5-10-19)24-22-13-8-14-23(27)26(22)28(25(18)24)21-11-6-3-7-12-21/h2-14,16,18H,15,17,27H2,1H3. The van der Waals surface area contributed by atoms with Crippen molar-refractivity contribution in [1.29, 1.82) is 0 Å². The largest absolute Gasteiger partial charge is 0.397 e. The first-order valence-electron chi connectivity index (χ1n) is 9.95. The number of aromatic nitrogens is 1. The fourth-order valence-electron chi connectivity index (χ4n) is 4.54. The highest BCUT2D eigenvalue weighted by Gasteiger charge is 2.28. The molecule has 5 rings (SSSR count). The average molecular weight is 364 g/mol. The molecule has 0 bridgehead atoms. The predicted molar refractivity (Wildman–Crippen MR) is 119 cm³/mol. The van der Waals surface area contributed by atoms with Crippen molar-refractivity contribution in [3.63, 3.8) is 0 Å². The third kappa shape index (κ3) is 2.65. The number of hydrogen-bond acceptors (Lipinski definition) is 1. The number of nitrogen functional groups attached to an aromatic ring is 1. The van der Waals surface area contributed by atoms with E-state index < -0.39 is 0 Å². The van der Waals surface area contributed by atoms with Crippen LogP contribution in [0.3, 0.4) is 0 Å². The number of fused-ring (bicyclic) bond motifs is 3. The Morgan fingerprint density at radius 3 is 2.36 bits per heavy atom. The maximum atomic E-state index is 6.51. The summed E-state index contributed by atoms with van der Waals surface area (Å²) in [6.45, 7) is 2.32. The van der Waals surface area contributed by atoms with Gasteiger partial charge in [-0.25, -0.2) is 0 Å². The molecule has 2 nitrogen and oxygen atoms in total. The van der Waals surface area contributed by atoms with Crippen molar-refractivity contribution in [1.82, 2.24) is 4.57 Å². The maximum absolute atomic E-state index is 6.51. The van der Waals surface area contributed by atoms with E-state index in [1.807, 2.05) is 6.07 Å². The Bertz CT molecular complexity index is 1170. The number of benzene rings is 3. The summed E-state index contributed by atoms with van der Waals surface area (Å²) < 4.78 is 2.39. The zero-order valence-corrected chi connectivity index (χ0v) is 16.1. The van der Waals surface area contributed by atoms with Gasteiger partial charge in [-0.2, -0.15) is 0 Å². The van der Waals surface area contributed by atoms with Gasteiger partial charge >= 0.3 is 0 Å². The van der Waals surface area contributed by atoms with Gasteiger partial charge in [0.25, 0.3) is 0 Å². The highest BCUT2D eigenvalue weighted by Crippen LogP contribution is 2.44. The Morgan fingerprint density at radius 2 is 1.61 bits per heavy atom. The third-order valence-electron chi connectivity index (χ3n) is 5.81. The minimum absolute atomic E-state index is 0.446. The van der Waals surface area contributed by atoms with E-state index in [0.29, 0.717) is 5.92 Å². The predicted octanol–water partition coefficient (Wildman–Crippen LogP) is 6.35. The molecule has 1 unspecified atom stereocenters. The molecule has 0 fully saturated rings. The number of rotatable bonds is 3. The number of nitrogens with zero attached hydrogens (tertiary/aromatic N) is 1. The van der Waals surface area contributed by atoms with Crippen LogP contribution in [0, 0.1) is 0 Å². The van der Waals surface area contributed by atoms with Crippen LogP contribution in [-0.4, -0.2) is 4.57 Å². The molecule has 28 heavy (non-hydrogen) atoms. The summed E-state index contributed by atoms with van der Waals surface area (Å²) in [7, 11) is 0. The van der Waals surface area contributed by atoms with Crippen LogP contribution >= 0.6 is 0 Å². The van der Waals surface area contributed by atoms with E-state index in [1.54, 1.807) is 0 Å². The van der Waals surface area contributed by atoms with Crippen LogP contribution in [-0.2, 0) is 6.42 Å². The van der Waals surface area contributed by atoms with Gasteiger partial charge in [-0.1, -0.05) is 73.7 Å². The molecule has 1 atom stereocenters. The molecule has 0 aliphatic heterocycles. The summed E-state index contributed by atoms with van der Waals surface area (Å²) in [5, 5.41) is 1.26. The summed E-state index contributed by atoms with van der Waals surface area (Å²) in [5.74, 6) is 0.446. The molecule has 0 saturated carbocycles. The normalized spacial score (nSPS) is 16.0. The van der Waals surface area contributed by atoms with E-state index in [-0.39, 0.29) is 0 Å². The third-order valence-corrected chi connectivity index (χ3v) is 5.81. The van der Waals surface area contributed by atoms with Crippen LogP contribution in [0.5, 0.6) is 0 Å². The Kier molecular flexibility index (Phi) is 4.05. The first kappa shape index (κ1) is 16.9. The molecule has 2 heteroatoms. The summed E-state index contributed by atoms with van der Waals surface area (Å²) >= 11 is 0. The number of para-hydroxylation sites is 2. The lowest BCUT2D eigenvalue weighted by Gasteiger charge is -2.23. The van der Waals surface area contributed by atoms with E-state index in [2.05, 4.69) is 90.4 Å². The Morgan fingerprint density at radius 1 is 0.893 bits per heavy atom. The molecule has 0 saturated heterocycles. The van der Waals surface area contributed by atoms with Crippen LogP contribution in [0.4, 0.5) is 5.69 Å². The van der Waals surface area contributed by atoms with Gasteiger partial charge in [0.1, 0.15) is 0 Å². The Hall–Kier alpha value is -3.26. The lowest BCUT2D eigenvalue weighted by Crippen LogP contribution is -2.10. The van der Waals surface area contributed by atoms with Gasteiger partial charge in [-0.3, -0.25) is 0 Å². The van der Waals surface area contributed by atoms with Crippen LogP contribution in [0.2, 0.25) is 0 Å². The molecular weight excluding hydrogens is 340 g/mol. The highest BCUT2D eigenvalue weighted by atomic mass is 15.0. The van der Waals surface area contributed by atoms with E-state index in [1.165, 1.54) is 33.5 Å². The fraction of sp³-hybridized carbons (Fsp3) is 0.154. The lowest BCUT2D eigenvalue weighted by atomic mass is 9.85. The van der Waals surface area contributed by atoms with Gasteiger partial charge in [0.2, 0.25) is 0 Å². The first-order valence-corrected chi connectivity index (χ1v) is 9.95. The van der Waals surface area contributed by atoms with E-state index in [4.69, 9.17) is 5.73 Å². The van der Waals surface area contributed by atoms with Crippen molar-refractivity contribution in [2.45, 2.75) is 25.7 Å².